The van der Waals surface area contributed by atoms with Gasteiger partial charge in [-0.3, -0.25) is 0 Å². The second-order valence-corrected chi connectivity index (χ2v) is 4.81. The molecule has 2 aliphatic rings. The molecule has 0 bridgehead atoms. The van der Waals surface area contributed by atoms with Crippen LogP contribution in [0.15, 0.2) is 12.3 Å². The molecule has 1 aliphatic carbocycles. The van der Waals surface area contributed by atoms with Gasteiger partial charge in [0.1, 0.15) is 11.6 Å². The summed E-state index contributed by atoms with van der Waals surface area (Å²) in [5.41, 5.74) is 0. The van der Waals surface area contributed by atoms with Gasteiger partial charge in [-0.2, -0.15) is 0 Å². The van der Waals surface area contributed by atoms with Gasteiger partial charge in [0.05, 0.1) is 0 Å². The first-order valence-electron chi connectivity index (χ1n) is 6.19. The molecule has 0 aromatic carbocycles. The number of nitrogens with one attached hydrogen (secondary N) is 2. The van der Waals surface area contributed by atoms with Gasteiger partial charge in [-0.15, -0.1) is 0 Å². The molecule has 1 atom stereocenters. The van der Waals surface area contributed by atoms with Crippen LogP contribution in [0.25, 0.3) is 0 Å². The number of aromatic nitrogens is 2. The highest BCUT2D eigenvalue weighted by atomic mass is 15.0. The molecule has 16 heavy (non-hydrogen) atoms. The molecular weight excluding hydrogens is 200 g/mol. The smallest absolute Gasteiger partial charge is 0.133 e. The number of hydrogen-bond acceptors (Lipinski definition) is 4. The third-order valence-electron chi connectivity index (χ3n) is 3.35. The van der Waals surface area contributed by atoms with E-state index in [0.29, 0.717) is 5.92 Å². The van der Waals surface area contributed by atoms with Gasteiger partial charge < -0.3 is 10.6 Å². The molecule has 0 spiro atoms. The van der Waals surface area contributed by atoms with Crippen molar-refractivity contribution in [1.82, 2.24) is 15.3 Å². The lowest BCUT2D eigenvalue weighted by Gasteiger charge is -2.10. The van der Waals surface area contributed by atoms with Gasteiger partial charge in [0.15, 0.2) is 0 Å². The number of rotatable bonds is 4. The molecule has 4 nitrogen and oxygen atoms in total. The van der Waals surface area contributed by atoms with Crippen molar-refractivity contribution in [1.29, 1.82) is 0 Å². The van der Waals surface area contributed by atoms with E-state index in [-0.39, 0.29) is 0 Å². The zero-order valence-electron chi connectivity index (χ0n) is 9.45. The molecule has 3 rings (SSSR count). The quantitative estimate of drug-likeness (QED) is 0.801. The molecule has 1 saturated heterocycles. The Morgan fingerprint density at radius 2 is 2.31 bits per heavy atom. The van der Waals surface area contributed by atoms with Crippen molar-refractivity contribution < 1.29 is 0 Å². The molecule has 2 heterocycles. The van der Waals surface area contributed by atoms with Crippen molar-refractivity contribution in [2.75, 3.05) is 25.0 Å². The Balaban J connectivity index is 1.58. The van der Waals surface area contributed by atoms with Crippen molar-refractivity contribution in [2.24, 2.45) is 5.92 Å². The van der Waals surface area contributed by atoms with E-state index >= 15 is 0 Å². The fourth-order valence-corrected chi connectivity index (χ4v) is 2.15. The van der Waals surface area contributed by atoms with Crippen LogP contribution in [0.4, 0.5) is 5.82 Å². The Labute approximate surface area is 95.9 Å². The lowest BCUT2D eigenvalue weighted by molar-refractivity contribution is 0.614. The molecule has 86 valence electrons. The van der Waals surface area contributed by atoms with E-state index in [1.54, 1.807) is 0 Å². The second-order valence-electron chi connectivity index (χ2n) is 4.81. The summed E-state index contributed by atoms with van der Waals surface area (Å²) in [4.78, 5) is 8.87. The van der Waals surface area contributed by atoms with Crippen molar-refractivity contribution >= 4 is 5.82 Å². The van der Waals surface area contributed by atoms with Gasteiger partial charge in [-0.1, -0.05) is 0 Å². The Kier molecular flexibility index (Phi) is 2.74. The number of anilines is 1. The highest BCUT2D eigenvalue weighted by molar-refractivity contribution is 5.34. The van der Waals surface area contributed by atoms with E-state index in [2.05, 4.69) is 20.6 Å². The summed E-state index contributed by atoms with van der Waals surface area (Å²) in [5, 5.41) is 6.79. The molecule has 1 saturated carbocycles. The zero-order valence-corrected chi connectivity index (χ0v) is 9.45. The Morgan fingerprint density at radius 1 is 1.38 bits per heavy atom. The lowest BCUT2D eigenvalue weighted by Crippen LogP contribution is -2.17. The molecule has 2 N–H and O–H groups in total. The average molecular weight is 218 g/mol. The topological polar surface area (TPSA) is 49.8 Å². The van der Waals surface area contributed by atoms with Gasteiger partial charge >= 0.3 is 0 Å². The standard InChI is InChI=1S/C12H18N4/c1-2-10(1)12-14-6-4-11(16-12)15-8-9-3-5-13-7-9/h4,6,9-10,13H,1-3,5,7-8H2,(H,14,15,16). The number of hydrogen-bond donors (Lipinski definition) is 2. The van der Waals surface area contributed by atoms with Crippen LogP contribution in [-0.4, -0.2) is 29.6 Å². The summed E-state index contributed by atoms with van der Waals surface area (Å²) in [6.45, 7) is 3.31. The predicted molar refractivity (Wildman–Crippen MR) is 63.5 cm³/mol. The van der Waals surface area contributed by atoms with Gasteiger partial charge in [0.25, 0.3) is 0 Å². The van der Waals surface area contributed by atoms with Gasteiger partial charge in [0.2, 0.25) is 0 Å². The van der Waals surface area contributed by atoms with E-state index in [1.165, 1.54) is 19.3 Å². The van der Waals surface area contributed by atoms with Crippen LogP contribution in [0.1, 0.15) is 31.0 Å². The van der Waals surface area contributed by atoms with E-state index in [0.717, 1.165) is 37.2 Å². The minimum absolute atomic E-state index is 0.634. The molecule has 4 heteroatoms. The maximum Gasteiger partial charge on any atom is 0.133 e. The molecule has 0 radical (unpaired) electrons. The Morgan fingerprint density at radius 3 is 3.06 bits per heavy atom. The molecule has 2 fully saturated rings. The lowest BCUT2D eigenvalue weighted by atomic mass is 10.1. The van der Waals surface area contributed by atoms with Crippen molar-refractivity contribution in [3.8, 4) is 0 Å². The predicted octanol–water partition coefficient (Wildman–Crippen LogP) is 1.38. The van der Waals surface area contributed by atoms with Crippen molar-refractivity contribution in [3.05, 3.63) is 18.1 Å². The second kappa shape index (κ2) is 4.37. The first-order chi connectivity index (χ1) is 7.92. The molecule has 1 aromatic heterocycles. The molecular formula is C12H18N4. The first-order valence-corrected chi connectivity index (χ1v) is 6.19. The van der Waals surface area contributed by atoms with Crippen LogP contribution in [0, 0.1) is 5.92 Å². The largest absolute Gasteiger partial charge is 0.370 e. The Hall–Kier alpha value is -1.16. The molecule has 1 aliphatic heterocycles. The van der Waals surface area contributed by atoms with Crippen LogP contribution in [0.3, 0.4) is 0 Å². The SMILES string of the molecule is c1cc(NCC2CCNC2)nc(C2CC2)n1. The van der Waals surface area contributed by atoms with E-state index < -0.39 is 0 Å². The van der Waals surface area contributed by atoms with Crippen LogP contribution >= 0.6 is 0 Å². The fraction of sp³-hybridized carbons (Fsp3) is 0.667. The highest BCUT2D eigenvalue weighted by Crippen LogP contribution is 2.37. The molecule has 1 unspecified atom stereocenters. The minimum Gasteiger partial charge on any atom is -0.370 e. The van der Waals surface area contributed by atoms with Crippen LogP contribution in [-0.2, 0) is 0 Å². The third kappa shape index (κ3) is 2.32. The number of nitrogens with zero attached hydrogens (tertiary/aromatic N) is 2. The summed E-state index contributed by atoms with van der Waals surface area (Å²) in [6, 6.07) is 1.97. The van der Waals surface area contributed by atoms with E-state index in [1.807, 2.05) is 12.3 Å². The average Bonchev–Trinajstić information content (AvgIpc) is 3.05. The van der Waals surface area contributed by atoms with Gasteiger partial charge in [-0.05, 0) is 44.3 Å². The van der Waals surface area contributed by atoms with Crippen molar-refractivity contribution in [2.45, 2.75) is 25.2 Å². The van der Waals surface area contributed by atoms with Gasteiger partial charge in [0, 0.05) is 18.7 Å². The van der Waals surface area contributed by atoms with Crippen LogP contribution in [0.5, 0.6) is 0 Å². The maximum absolute atomic E-state index is 4.55. The van der Waals surface area contributed by atoms with Crippen LogP contribution in [0.2, 0.25) is 0 Å². The molecule has 0 amide bonds. The van der Waals surface area contributed by atoms with E-state index in [4.69, 9.17) is 0 Å². The highest BCUT2D eigenvalue weighted by Gasteiger charge is 2.26. The minimum atomic E-state index is 0.634. The monoisotopic (exact) mass is 218 g/mol. The third-order valence-corrected chi connectivity index (χ3v) is 3.35. The van der Waals surface area contributed by atoms with Gasteiger partial charge in [-0.25, -0.2) is 9.97 Å². The summed E-state index contributed by atoms with van der Waals surface area (Å²) < 4.78 is 0. The first kappa shape index (κ1) is 10.0. The van der Waals surface area contributed by atoms with Crippen LogP contribution < -0.4 is 10.6 Å². The fourth-order valence-electron chi connectivity index (χ4n) is 2.15. The van der Waals surface area contributed by atoms with E-state index in [9.17, 15) is 0 Å². The van der Waals surface area contributed by atoms with Crippen molar-refractivity contribution in [3.63, 3.8) is 0 Å². The summed E-state index contributed by atoms with van der Waals surface area (Å²) in [6.07, 6.45) is 5.66. The summed E-state index contributed by atoms with van der Waals surface area (Å²) in [5.74, 6) is 3.40. The summed E-state index contributed by atoms with van der Waals surface area (Å²) >= 11 is 0. The Bertz CT molecular complexity index is 356. The zero-order chi connectivity index (χ0) is 10.8. The summed E-state index contributed by atoms with van der Waals surface area (Å²) in [7, 11) is 0. The molecule has 1 aromatic rings. The normalized spacial score (nSPS) is 24.6. The maximum atomic E-state index is 4.55.